The number of non-ortho nitro benzene ring substituents is 2. The number of aromatic nitrogens is 2. The van der Waals surface area contributed by atoms with Crippen molar-refractivity contribution >= 4 is 45.6 Å². The van der Waals surface area contributed by atoms with E-state index in [4.69, 9.17) is 18.3 Å². The molecule has 3 aromatic carbocycles. The van der Waals surface area contributed by atoms with Crippen LogP contribution in [0, 0.1) is 26.0 Å². The lowest BCUT2D eigenvalue weighted by molar-refractivity contribution is -0.384. The van der Waals surface area contributed by atoms with E-state index in [1.165, 1.54) is 24.3 Å². The van der Waals surface area contributed by atoms with E-state index in [2.05, 4.69) is 30.8 Å². The van der Waals surface area contributed by atoms with E-state index in [0.29, 0.717) is 60.0 Å². The van der Waals surface area contributed by atoms with Gasteiger partial charge in [0.2, 0.25) is 5.82 Å². The van der Waals surface area contributed by atoms with Gasteiger partial charge in [0.1, 0.15) is 11.0 Å². The summed E-state index contributed by atoms with van der Waals surface area (Å²) in [6.07, 6.45) is 3.77. The van der Waals surface area contributed by atoms with Crippen molar-refractivity contribution in [3.8, 4) is 11.5 Å². The van der Waals surface area contributed by atoms with Gasteiger partial charge in [0.05, 0.1) is 23.1 Å². The number of hydrogen-bond donors (Lipinski definition) is 3. The fourth-order valence-corrected chi connectivity index (χ4v) is 6.23. The summed E-state index contributed by atoms with van der Waals surface area (Å²) >= 11 is 0. The first kappa shape index (κ1) is 36.2. The van der Waals surface area contributed by atoms with Gasteiger partial charge in [0.25, 0.3) is 23.4 Å². The molecule has 2 fully saturated rings. The molecule has 2 saturated heterocycles. The zero-order valence-electron chi connectivity index (χ0n) is 28.9. The van der Waals surface area contributed by atoms with Crippen LogP contribution in [0.5, 0.6) is 11.5 Å². The average molecular weight is 721 g/mol. The summed E-state index contributed by atoms with van der Waals surface area (Å²) < 4.78 is 36.6. The van der Waals surface area contributed by atoms with Crippen LogP contribution in [-0.4, -0.2) is 76.2 Å². The Labute approximate surface area is 298 Å². The molecular formula is C35H41FN8O8. The molecule has 4 heterocycles. The van der Waals surface area contributed by atoms with Crippen molar-refractivity contribution in [2.45, 2.75) is 58.2 Å². The normalized spacial score (nSPS) is 15.6. The Kier molecular flexibility index (Phi) is 11.6. The third-order valence-corrected chi connectivity index (χ3v) is 8.82. The minimum absolute atomic E-state index is 0.0172. The quantitative estimate of drug-likeness (QED) is 0.0915. The molecule has 17 heteroatoms. The number of nitro benzene ring substituents is 2. The first-order valence-corrected chi connectivity index (χ1v) is 17.3. The van der Waals surface area contributed by atoms with Gasteiger partial charge >= 0.3 is 0 Å². The lowest BCUT2D eigenvalue weighted by Gasteiger charge is -2.32. The Hall–Kier alpha value is -5.55. The molecule has 0 amide bonds. The fourth-order valence-electron chi connectivity index (χ4n) is 6.23. The van der Waals surface area contributed by atoms with E-state index in [9.17, 15) is 24.6 Å². The highest BCUT2D eigenvalue weighted by atomic mass is 19.1. The minimum atomic E-state index is -0.464. The number of rotatable bonds is 12. The van der Waals surface area contributed by atoms with E-state index in [0.717, 1.165) is 57.4 Å². The molecule has 0 spiro atoms. The van der Waals surface area contributed by atoms with Crippen molar-refractivity contribution in [1.82, 2.24) is 20.2 Å². The number of hydrogen-bond acceptors (Lipinski definition) is 14. The largest absolute Gasteiger partial charge is 0.491 e. The predicted molar refractivity (Wildman–Crippen MR) is 192 cm³/mol. The maximum Gasteiger partial charge on any atom is 0.295 e. The number of fused-ring (bicyclic) bond motifs is 2. The summed E-state index contributed by atoms with van der Waals surface area (Å²) in [6, 6.07) is 13.6. The number of benzene rings is 3. The van der Waals surface area contributed by atoms with Crippen LogP contribution in [0.1, 0.15) is 45.1 Å². The summed E-state index contributed by atoms with van der Waals surface area (Å²) in [6.45, 7) is 8.71. The number of nitrogens with one attached hydrogen (secondary N) is 3. The standard InChI is InChI=1S/C23H27FN4O5.C12H14N4O3/c1-3-31-20-11-15(12-21(22(20)24)32-4-2)14-27-9-7-16(8-10-27)25-23-26-18-13-17(28(29)30)5-6-19(18)33-23;17-16(18)9-1-2-11-10(7-9)15-12(19-11)14-8-3-5-13-6-4-8/h5-6,11-13,16H,3-4,7-10,14H2,1-2H3,(H,25,26);1-2,7-8,13H,3-6H2,(H,14,15). The molecule has 0 aliphatic carbocycles. The summed E-state index contributed by atoms with van der Waals surface area (Å²) in [5, 5.41) is 31.4. The number of oxazole rings is 2. The summed E-state index contributed by atoms with van der Waals surface area (Å²) in [5.74, 6) is -0.0357. The topological polar surface area (TPSA) is 196 Å². The minimum Gasteiger partial charge on any atom is -0.491 e. The highest BCUT2D eigenvalue weighted by Gasteiger charge is 2.23. The maximum atomic E-state index is 14.5. The van der Waals surface area contributed by atoms with E-state index in [1.54, 1.807) is 24.3 Å². The lowest BCUT2D eigenvalue weighted by atomic mass is 10.0. The van der Waals surface area contributed by atoms with E-state index < -0.39 is 15.7 Å². The number of piperidine rings is 2. The predicted octanol–water partition coefficient (Wildman–Crippen LogP) is 6.65. The van der Waals surface area contributed by atoms with Gasteiger partial charge in [-0.1, -0.05) is 0 Å². The van der Waals surface area contributed by atoms with Crippen LogP contribution >= 0.6 is 0 Å². The SMILES string of the molecule is CCOc1cc(CN2CCC(Nc3nc4cc([N+](=O)[O-])ccc4o3)CC2)cc(OCC)c1F.O=[N+]([O-])c1ccc2oc(NC3CCNCC3)nc2c1. The van der Waals surface area contributed by atoms with Crippen molar-refractivity contribution in [3.63, 3.8) is 0 Å². The first-order chi connectivity index (χ1) is 25.2. The second kappa shape index (κ2) is 16.6. The molecular weight excluding hydrogens is 679 g/mol. The van der Waals surface area contributed by atoms with Crippen LogP contribution in [-0.2, 0) is 6.54 Å². The van der Waals surface area contributed by atoms with Gasteiger partial charge in [0, 0.05) is 56.0 Å². The molecule has 276 valence electrons. The van der Waals surface area contributed by atoms with Crippen molar-refractivity contribution in [2.24, 2.45) is 0 Å². The molecule has 2 aliphatic heterocycles. The monoisotopic (exact) mass is 720 g/mol. The van der Waals surface area contributed by atoms with E-state index in [1.807, 2.05) is 13.8 Å². The number of ether oxygens (including phenoxy) is 2. The van der Waals surface area contributed by atoms with Crippen molar-refractivity contribution in [2.75, 3.05) is 50.0 Å². The van der Waals surface area contributed by atoms with Crippen LogP contribution in [0.2, 0.25) is 0 Å². The first-order valence-electron chi connectivity index (χ1n) is 17.3. The van der Waals surface area contributed by atoms with Crippen LogP contribution < -0.4 is 25.4 Å². The number of likely N-dealkylation sites (tertiary alicyclic amines) is 1. The molecule has 2 aliphatic rings. The molecule has 5 aromatic rings. The van der Waals surface area contributed by atoms with Gasteiger partial charge < -0.3 is 34.3 Å². The molecule has 0 atom stereocenters. The molecule has 52 heavy (non-hydrogen) atoms. The molecule has 0 radical (unpaired) electrons. The van der Waals surface area contributed by atoms with E-state index >= 15 is 0 Å². The third-order valence-electron chi connectivity index (χ3n) is 8.82. The second-order valence-electron chi connectivity index (χ2n) is 12.5. The molecule has 0 bridgehead atoms. The Morgan fingerprint density at radius 3 is 1.75 bits per heavy atom. The van der Waals surface area contributed by atoms with Gasteiger partial charge in [-0.25, -0.2) is 0 Å². The van der Waals surface area contributed by atoms with Gasteiger partial charge in [-0.3, -0.25) is 25.1 Å². The summed E-state index contributed by atoms with van der Waals surface area (Å²) in [4.78, 5) is 31.6. The van der Waals surface area contributed by atoms with Crippen molar-refractivity contribution < 1.29 is 32.5 Å². The van der Waals surface area contributed by atoms with E-state index in [-0.39, 0.29) is 28.9 Å². The van der Waals surface area contributed by atoms with Crippen molar-refractivity contribution in [3.05, 3.63) is 80.1 Å². The Morgan fingerprint density at radius 1 is 0.808 bits per heavy atom. The summed E-state index contributed by atoms with van der Waals surface area (Å²) in [5.41, 5.74) is 2.97. The smallest absolute Gasteiger partial charge is 0.295 e. The summed E-state index contributed by atoms with van der Waals surface area (Å²) in [7, 11) is 0. The molecule has 16 nitrogen and oxygen atoms in total. The zero-order valence-corrected chi connectivity index (χ0v) is 28.9. The van der Waals surface area contributed by atoms with Crippen molar-refractivity contribution in [1.29, 1.82) is 0 Å². The Balaban J connectivity index is 0.000000206. The highest BCUT2D eigenvalue weighted by molar-refractivity contribution is 5.78. The number of halogens is 1. The highest BCUT2D eigenvalue weighted by Crippen LogP contribution is 2.31. The van der Waals surface area contributed by atoms with Crippen LogP contribution in [0.4, 0.5) is 27.8 Å². The molecule has 0 saturated carbocycles. The molecule has 2 aromatic heterocycles. The van der Waals surface area contributed by atoms with Gasteiger partial charge in [0.15, 0.2) is 22.7 Å². The second-order valence-corrected chi connectivity index (χ2v) is 12.5. The number of anilines is 2. The fraction of sp³-hybridized carbons (Fsp3) is 0.429. The Bertz CT molecular complexity index is 1980. The maximum absolute atomic E-state index is 14.5. The van der Waals surface area contributed by atoms with Gasteiger partial charge in [-0.15, -0.1) is 0 Å². The zero-order chi connectivity index (χ0) is 36.6. The van der Waals surface area contributed by atoms with Gasteiger partial charge in [-0.05, 0) is 82.4 Å². The average Bonchev–Trinajstić information content (AvgIpc) is 3.74. The third kappa shape index (κ3) is 9.02. The van der Waals surface area contributed by atoms with Crippen LogP contribution in [0.3, 0.4) is 0 Å². The van der Waals surface area contributed by atoms with Crippen LogP contribution in [0.15, 0.2) is 57.4 Å². The molecule has 0 unspecified atom stereocenters. The molecule has 7 rings (SSSR count). The van der Waals surface area contributed by atoms with Crippen LogP contribution in [0.25, 0.3) is 22.2 Å². The number of nitrogens with zero attached hydrogens (tertiary/aromatic N) is 5. The van der Waals surface area contributed by atoms with Gasteiger partial charge in [-0.2, -0.15) is 14.4 Å². The lowest BCUT2D eigenvalue weighted by Crippen LogP contribution is -2.38. The number of nitro groups is 2. The Morgan fingerprint density at radius 2 is 1.29 bits per heavy atom. The molecule has 3 N–H and O–H groups in total.